The van der Waals surface area contributed by atoms with E-state index in [1.54, 1.807) is 18.2 Å². The SMILES string of the molecule is Cc1nc2c(C)ncc(C3CCN(C(=O)C=C(c4ccccc4)c4cccc([N+](=O)[O-])c4)CC3)c2[nH]1. The number of benzene rings is 2. The minimum Gasteiger partial charge on any atom is -0.342 e. The molecule has 2 aromatic heterocycles. The third kappa shape index (κ3) is 4.62. The standard InChI is InChI=1S/C28H27N5O3/c1-18-27-28(31-19(2)30-27)25(17-29-18)21-11-13-32(14-12-21)26(34)16-24(20-7-4-3-5-8-20)22-9-6-10-23(15-22)33(35)36/h3-10,15-17,21H,11-14H2,1-2H3,(H,30,31). The molecule has 4 aromatic rings. The van der Waals surface area contributed by atoms with Gasteiger partial charge in [0.25, 0.3) is 5.69 Å². The second-order valence-corrected chi connectivity index (χ2v) is 9.18. The van der Waals surface area contributed by atoms with E-state index in [0.717, 1.165) is 46.5 Å². The zero-order chi connectivity index (χ0) is 25.2. The first-order chi connectivity index (χ1) is 17.4. The van der Waals surface area contributed by atoms with Crippen molar-refractivity contribution in [1.29, 1.82) is 0 Å². The first kappa shape index (κ1) is 23.4. The molecular formula is C28H27N5O3. The predicted octanol–water partition coefficient (Wildman–Crippen LogP) is 5.32. The van der Waals surface area contributed by atoms with Crippen LogP contribution in [0.4, 0.5) is 5.69 Å². The van der Waals surface area contributed by atoms with Crippen molar-refractivity contribution < 1.29 is 9.72 Å². The van der Waals surface area contributed by atoms with Gasteiger partial charge in [0, 0.05) is 37.5 Å². The van der Waals surface area contributed by atoms with Gasteiger partial charge in [-0.1, -0.05) is 42.5 Å². The molecule has 0 aliphatic carbocycles. The lowest BCUT2D eigenvalue weighted by Gasteiger charge is -2.32. The van der Waals surface area contributed by atoms with Crippen LogP contribution in [0.3, 0.4) is 0 Å². The Morgan fingerprint density at radius 3 is 2.53 bits per heavy atom. The topological polar surface area (TPSA) is 105 Å². The number of likely N-dealkylation sites (tertiary alicyclic amines) is 1. The number of hydrogen-bond acceptors (Lipinski definition) is 5. The largest absolute Gasteiger partial charge is 0.342 e. The Hall–Kier alpha value is -4.33. The van der Waals surface area contributed by atoms with Crippen molar-refractivity contribution in [2.75, 3.05) is 13.1 Å². The molecule has 0 bridgehead atoms. The van der Waals surface area contributed by atoms with Crippen LogP contribution < -0.4 is 0 Å². The van der Waals surface area contributed by atoms with Crippen molar-refractivity contribution in [2.24, 2.45) is 0 Å². The predicted molar refractivity (Wildman–Crippen MR) is 139 cm³/mol. The molecule has 0 radical (unpaired) electrons. The molecule has 36 heavy (non-hydrogen) atoms. The summed E-state index contributed by atoms with van der Waals surface area (Å²) >= 11 is 0. The van der Waals surface area contributed by atoms with E-state index in [-0.39, 0.29) is 11.6 Å². The minimum absolute atomic E-state index is 0.00494. The molecule has 0 saturated carbocycles. The van der Waals surface area contributed by atoms with Gasteiger partial charge in [0.05, 0.1) is 16.1 Å². The summed E-state index contributed by atoms with van der Waals surface area (Å²) in [5.41, 5.74) is 6.16. The number of nitro benzene ring substituents is 1. The van der Waals surface area contributed by atoms with Crippen LogP contribution in [-0.2, 0) is 4.79 Å². The Morgan fingerprint density at radius 1 is 1.08 bits per heavy atom. The molecular weight excluding hydrogens is 454 g/mol. The maximum Gasteiger partial charge on any atom is 0.270 e. The number of aromatic nitrogens is 3. The van der Waals surface area contributed by atoms with Crippen molar-refractivity contribution >= 4 is 28.2 Å². The monoisotopic (exact) mass is 481 g/mol. The smallest absolute Gasteiger partial charge is 0.270 e. The van der Waals surface area contributed by atoms with E-state index in [4.69, 9.17) is 0 Å². The summed E-state index contributed by atoms with van der Waals surface area (Å²) in [6, 6.07) is 15.9. The molecule has 1 amide bonds. The van der Waals surface area contributed by atoms with Crippen molar-refractivity contribution in [3.8, 4) is 0 Å². The molecule has 0 atom stereocenters. The third-order valence-electron chi connectivity index (χ3n) is 6.82. The molecule has 1 aliphatic rings. The van der Waals surface area contributed by atoms with Gasteiger partial charge in [-0.05, 0) is 54.9 Å². The molecule has 1 fully saturated rings. The fourth-order valence-corrected chi connectivity index (χ4v) is 4.93. The minimum atomic E-state index is -0.420. The van der Waals surface area contributed by atoms with E-state index in [2.05, 4.69) is 15.0 Å². The fraction of sp³-hybridized carbons (Fsp3) is 0.250. The molecule has 1 aliphatic heterocycles. The maximum atomic E-state index is 13.4. The number of aromatic amines is 1. The summed E-state index contributed by atoms with van der Waals surface area (Å²) in [5.74, 6) is 1.07. The normalized spacial score (nSPS) is 14.8. The van der Waals surface area contributed by atoms with E-state index in [9.17, 15) is 14.9 Å². The fourth-order valence-electron chi connectivity index (χ4n) is 4.93. The van der Waals surface area contributed by atoms with Crippen LogP contribution in [0.1, 0.15) is 47.0 Å². The zero-order valence-corrected chi connectivity index (χ0v) is 20.3. The van der Waals surface area contributed by atoms with Crippen LogP contribution in [0.2, 0.25) is 0 Å². The molecule has 1 N–H and O–H groups in total. The number of nitrogens with one attached hydrogen (secondary N) is 1. The third-order valence-corrected chi connectivity index (χ3v) is 6.82. The molecule has 0 unspecified atom stereocenters. The summed E-state index contributed by atoms with van der Waals surface area (Å²) in [5, 5.41) is 11.3. The van der Waals surface area contributed by atoms with E-state index in [0.29, 0.717) is 30.1 Å². The van der Waals surface area contributed by atoms with Gasteiger partial charge in [0.1, 0.15) is 11.3 Å². The first-order valence-electron chi connectivity index (χ1n) is 12.0. The average molecular weight is 482 g/mol. The van der Waals surface area contributed by atoms with Crippen LogP contribution in [0, 0.1) is 24.0 Å². The van der Waals surface area contributed by atoms with Crippen LogP contribution in [0.15, 0.2) is 66.9 Å². The van der Waals surface area contributed by atoms with Crippen molar-refractivity contribution in [3.63, 3.8) is 0 Å². The van der Waals surface area contributed by atoms with Gasteiger partial charge in [0.15, 0.2) is 0 Å². The number of rotatable bonds is 5. The van der Waals surface area contributed by atoms with Crippen molar-refractivity contribution in [2.45, 2.75) is 32.6 Å². The average Bonchev–Trinajstić information content (AvgIpc) is 3.30. The molecule has 2 aromatic carbocycles. The number of H-pyrrole nitrogens is 1. The molecule has 8 nitrogen and oxygen atoms in total. The number of fused-ring (bicyclic) bond motifs is 1. The Morgan fingerprint density at radius 2 is 1.81 bits per heavy atom. The molecule has 5 rings (SSSR count). The van der Waals surface area contributed by atoms with E-state index < -0.39 is 4.92 Å². The quantitative estimate of drug-likeness (QED) is 0.236. The molecule has 3 heterocycles. The molecule has 182 valence electrons. The number of imidazole rings is 1. The highest BCUT2D eigenvalue weighted by atomic mass is 16.6. The highest BCUT2D eigenvalue weighted by Crippen LogP contribution is 2.33. The Labute approximate surface area is 208 Å². The van der Waals surface area contributed by atoms with Crippen molar-refractivity contribution in [1.82, 2.24) is 19.9 Å². The van der Waals surface area contributed by atoms with Crippen LogP contribution >= 0.6 is 0 Å². The van der Waals surface area contributed by atoms with Gasteiger partial charge in [-0.25, -0.2) is 4.98 Å². The number of nitrogens with zero attached hydrogens (tertiary/aromatic N) is 4. The lowest BCUT2D eigenvalue weighted by molar-refractivity contribution is -0.384. The Balaban J connectivity index is 1.39. The Kier molecular flexibility index (Phi) is 6.33. The van der Waals surface area contributed by atoms with Crippen LogP contribution in [0.25, 0.3) is 16.6 Å². The number of pyridine rings is 1. The summed E-state index contributed by atoms with van der Waals surface area (Å²) in [6.45, 7) is 5.16. The number of hydrogen-bond donors (Lipinski definition) is 1. The molecule has 0 spiro atoms. The van der Waals surface area contributed by atoms with Crippen molar-refractivity contribution in [3.05, 3.63) is 105 Å². The summed E-state index contributed by atoms with van der Waals surface area (Å²) in [6.07, 6.45) is 5.20. The number of nitro groups is 1. The summed E-state index contributed by atoms with van der Waals surface area (Å²) < 4.78 is 0. The lowest BCUT2D eigenvalue weighted by atomic mass is 9.89. The van der Waals surface area contributed by atoms with E-state index >= 15 is 0 Å². The zero-order valence-electron chi connectivity index (χ0n) is 20.3. The van der Waals surface area contributed by atoms with Gasteiger partial charge in [-0.2, -0.15) is 0 Å². The second kappa shape index (κ2) is 9.73. The highest BCUT2D eigenvalue weighted by Gasteiger charge is 2.26. The lowest BCUT2D eigenvalue weighted by Crippen LogP contribution is -2.37. The van der Waals surface area contributed by atoms with E-state index in [1.165, 1.54) is 12.1 Å². The number of carbonyl (C=O) groups is 1. The van der Waals surface area contributed by atoms with Crippen LogP contribution in [0.5, 0.6) is 0 Å². The number of carbonyl (C=O) groups excluding carboxylic acids is 1. The second-order valence-electron chi connectivity index (χ2n) is 9.18. The number of aryl methyl sites for hydroxylation is 2. The Bertz CT molecular complexity index is 1470. The number of piperidine rings is 1. The maximum absolute atomic E-state index is 13.4. The van der Waals surface area contributed by atoms with E-state index in [1.807, 2.05) is 55.3 Å². The summed E-state index contributed by atoms with van der Waals surface area (Å²) in [4.78, 5) is 38.7. The number of non-ortho nitro benzene ring substituents is 1. The molecule has 8 heteroatoms. The summed E-state index contributed by atoms with van der Waals surface area (Å²) in [7, 11) is 0. The van der Waals surface area contributed by atoms with Gasteiger partial charge in [0.2, 0.25) is 5.91 Å². The van der Waals surface area contributed by atoms with Gasteiger partial charge in [-0.3, -0.25) is 19.9 Å². The van der Waals surface area contributed by atoms with Gasteiger partial charge in [-0.15, -0.1) is 0 Å². The highest BCUT2D eigenvalue weighted by molar-refractivity contribution is 5.99. The van der Waals surface area contributed by atoms with Crippen LogP contribution in [-0.4, -0.2) is 43.8 Å². The molecule has 1 saturated heterocycles. The first-order valence-corrected chi connectivity index (χ1v) is 12.0. The van der Waals surface area contributed by atoms with Gasteiger partial charge < -0.3 is 9.88 Å². The van der Waals surface area contributed by atoms with Gasteiger partial charge >= 0.3 is 0 Å². The number of amides is 1.